The maximum absolute atomic E-state index is 13.1. The molecule has 0 bridgehead atoms. The van der Waals surface area contributed by atoms with E-state index in [1.165, 1.54) is 31.3 Å². The Bertz CT molecular complexity index is 1250. The number of nitrogens with zero attached hydrogens (tertiary/aromatic N) is 5. The van der Waals surface area contributed by atoms with E-state index in [1.54, 1.807) is 18.3 Å². The molecule has 188 valence electrons. The van der Waals surface area contributed by atoms with Crippen LogP contribution >= 0.6 is 7.82 Å². The Kier molecular flexibility index (Phi) is 6.21. The maximum Gasteiger partial charge on any atom is 0.475 e. The van der Waals surface area contributed by atoms with Crippen LogP contribution in [0.25, 0.3) is 11.2 Å². The number of pyridine rings is 1. The SMILES string of the molecule is COc1ccc([C@@H]2CCOP(=O)(OC[C@H]3O[C@@H](n4cnc5c(N)ncnc54)[C@](C)(O)[C@@H]3O)O2)cn1. The van der Waals surface area contributed by atoms with Gasteiger partial charge in [-0.05, 0) is 13.0 Å². The summed E-state index contributed by atoms with van der Waals surface area (Å²) < 4.78 is 41.9. The third-order valence-electron chi connectivity index (χ3n) is 6.02. The number of aliphatic hydroxyl groups is 2. The lowest BCUT2D eigenvalue weighted by atomic mass is 9.96. The van der Waals surface area contributed by atoms with Gasteiger partial charge in [0.25, 0.3) is 0 Å². The number of fused-ring (bicyclic) bond motifs is 1. The Hall–Kier alpha value is -2.71. The van der Waals surface area contributed by atoms with Crippen molar-refractivity contribution in [2.45, 2.75) is 43.5 Å². The first-order valence-electron chi connectivity index (χ1n) is 10.8. The average Bonchev–Trinajstić information content (AvgIpc) is 3.37. The van der Waals surface area contributed by atoms with Crippen LogP contribution in [0.4, 0.5) is 5.82 Å². The summed E-state index contributed by atoms with van der Waals surface area (Å²) >= 11 is 0. The Labute approximate surface area is 199 Å². The summed E-state index contributed by atoms with van der Waals surface area (Å²) in [4.78, 5) is 16.3. The molecule has 2 aliphatic heterocycles. The largest absolute Gasteiger partial charge is 0.481 e. The number of ether oxygens (including phenoxy) is 2. The number of aromatic nitrogens is 5. The van der Waals surface area contributed by atoms with Crippen molar-refractivity contribution in [3.63, 3.8) is 0 Å². The minimum Gasteiger partial charge on any atom is -0.481 e. The highest BCUT2D eigenvalue weighted by atomic mass is 31.2. The van der Waals surface area contributed by atoms with Gasteiger partial charge in [-0.2, -0.15) is 0 Å². The highest BCUT2D eigenvalue weighted by molar-refractivity contribution is 7.48. The summed E-state index contributed by atoms with van der Waals surface area (Å²) in [6.07, 6.45) is 0.534. The molecule has 0 radical (unpaired) electrons. The predicted molar refractivity (Wildman–Crippen MR) is 119 cm³/mol. The van der Waals surface area contributed by atoms with Gasteiger partial charge in [0, 0.05) is 24.2 Å². The van der Waals surface area contributed by atoms with Crippen LogP contribution in [0.15, 0.2) is 31.0 Å². The molecular formula is C20H25N6O8P. The lowest BCUT2D eigenvalue weighted by molar-refractivity contribution is -0.0953. The van der Waals surface area contributed by atoms with Crippen molar-refractivity contribution in [3.05, 3.63) is 36.5 Å². The summed E-state index contributed by atoms with van der Waals surface area (Å²) in [6, 6.07) is 3.42. The fourth-order valence-corrected chi connectivity index (χ4v) is 5.49. The predicted octanol–water partition coefficient (Wildman–Crippen LogP) is 1.12. The van der Waals surface area contributed by atoms with Crippen LogP contribution in [0.2, 0.25) is 0 Å². The molecule has 5 rings (SSSR count). The quantitative estimate of drug-likeness (QED) is 0.403. The van der Waals surface area contributed by atoms with Crippen LogP contribution in [0.5, 0.6) is 5.88 Å². The molecule has 3 aromatic rings. The number of hydrogen-bond acceptors (Lipinski definition) is 13. The van der Waals surface area contributed by atoms with Gasteiger partial charge in [-0.25, -0.2) is 24.5 Å². The number of anilines is 1. The second kappa shape index (κ2) is 9.06. The summed E-state index contributed by atoms with van der Waals surface area (Å²) in [5, 5.41) is 21.8. The van der Waals surface area contributed by atoms with E-state index < -0.39 is 38.0 Å². The maximum atomic E-state index is 13.1. The number of phosphoric acid groups is 1. The number of methoxy groups -OCH3 is 1. The summed E-state index contributed by atoms with van der Waals surface area (Å²) in [6.45, 7) is 1.16. The number of nitrogens with two attached hydrogens (primary N) is 1. The van der Waals surface area contributed by atoms with E-state index in [1.807, 2.05) is 0 Å². The van der Waals surface area contributed by atoms with Crippen LogP contribution in [-0.4, -0.2) is 72.8 Å². The zero-order chi connectivity index (χ0) is 24.8. The van der Waals surface area contributed by atoms with Gasteiger partial charge in [0.15, 0.2) is 17.7 Å². The molecule has 1 unspecified atom stereocenters. The number of nitrogen functional groups attached to an aromatic ring is 1. The van der Waals surface area contributed by atoms with Crippen LogP contribution in [0.3, 0.4) is 0 Å². The number of rotatable bonds is 6. The topological polar surface area (TPSA) is 186 Å². The minimum atomic E-state index is -3.99. The van der Waals surface area contributed by atoms with E-state index in [-0.39, 0.29) is 19.0 Å². The van der Waals surface area contributed by atoms with Gasteiger partial charge in [-0.15, -0.1) is 0 Å². The highest BCUT2D eigenvalue weighted by Gasteiger charge is 2.54. The third-order valence-corrected chi connectivity index (χ3v) is 7.49. The molecule has 0 saturated carbocycles. The van der Waals surface area contributed by atoms with Gasteiger partial charge in [-0.3, -0.25) is 18.1 Å². The van der Waals surface area contributed by atoms with Crippen molar-refractivity contribution in [1.82, 2.24) is 24.5 Å². The third kappa shape index (κ3) is 4.38. The molecule has 2 aliphatic rings. The summed E-state index contributed by atoms with van der Waals surface area (Å²) in [7, 11) is -2.48. The molecule has 0 amide bonds. The Morgan fingerprint density at radius 3 is 2.89 bits per heavy atom. The zero-order valence-electron chi connectivity index (χ0n) is 18.9. The molecule has 2 fully saturated rings. The Morgan fingerprint density at radius 2 is 2.14 bits per heavy atom. The molecule has 15 heteroatoms. The second-order valence-electron chi connectivity index (χ2n) is 8.37. The van der Waals surface area contributed by atoms with Gasteiger partial charge < -0.3 is 25.4 Å². The smallest absolute Gasteiger partial charge is 0.475 e. The number of aliphatic hydroxyl groups excluding tert-OH is 1. The van der Waals surface area contributed by atoms with Crippen molar-refractivity contribution in [2.75, 3.05) is 26.1 Å². The molecule has 0 aliphatic carbocycles. The van der Waals surface area contributed by atoms with Crippen molar-refractivity contribution in [2.24, 2.45) is 0 Å². The lowest BCUT2D eigenvalue weighted by Crippen LogP contribution is -2.44. The van der Waals surface area contributed by atoms with Crippen molar-refractivity contribution >= 4 is 24.8 Å². The molecule has 3 aromatic heterocycles. The molecule has 35 heavy (non-hydrogen) atoms. The minimum absolute atomic E-state index is 0.130. The van der Waals surface area contributed by atoms with Crippen molar-refractivity contribution in [1.29, 1.82) is 0 Å². The molecule has 0 spiro atoms. The zero-order valence-corrected chi connectivity index (χ0v) is 19.8. The van der Waals surface area contributed by atoms with Crippen LogP contribution in [0, 0.1) is 0 Å². The van der Waals surface area contributed by atoms with E-state index in [0.717, 1.165) is 0 Å². The van der Waals surface area contributed by atoms with Gasteiger partial charge in [-0.1, -0.05) is 0 Å². The molecule has 5 heterocycles. The second-order valence-corrected chi connectivity index (χ2v) is 9.99. The molecule has 2 saturated heterocycles. The number of imidazole rings is 1. The van der Waals surface area contributed by atoms with Gasteiger partial charge in [0.05, 0.1) is 32.8 Å². The Balaban J connectivity index is 1.29. The first kappa shape index (κ1) is 24.0. The molecular weight excluding hydrogens is 483 g/mol. The van der Waals surface area contributed by atoms with Gasteiger partial charge in [0.1, 0.15) is 29.7 Å². The fourth-order valence-electron chi connectivity index (χ4n) is 4.09. The van der Waals surface area contributed by atoms with Gasteiger partial charge in [0.2, 0.25) is 5.88 Å². The van der Waals surface area contributed by atoms with E-state index in [4.69, 9.17) is 28.8 Å². The highest BCUT2D eigenvalue weighted by Crippen LogP contribution is 2.57. The standard InChI is InChI=1S/C20H25N6O8P/c1-20(28)16(27)13(33-19(20)26-10-25-15-17(21)23-9-24-18(15)26)8-32-35(29)31-6-5-12(34-35)11-3-4-14(30-2)22-7-11/h3-4,7,9-10,12-13,16,19,27-28H,5-6,8H2,1-2H3,(H2,21,23,24)/t12-,13+,16+,19+,20+,35?/m0/s1. The molecule has 0 aromatic carbocycles. The Morgan fingerprint density at radius 1 is 1.31 bits per heavy atom. The first-order valence-corrected chi connectivity index (χ1v) is 12.2. The van der Waals surface area contributed by atoms with Crippen LogP contribution in [-0.2, 0) is 22.9 Å². The van der Waals surface area contributed by atoms with E-state index >= 15 is 0 Å². The van der Waals surface area contributed by atoms with Crippen LogP contribution in [0.1, 0.15) is 31.2 Å². The van der Waals surface area contributed by atoms with Gasteiger partial charge >= 0.3 is 7.82 Å². The summed E-state index contributed by atoms with van der Waals surface area (Å²) in [5.41, 5.74) is 5.40. The first-order chi connectivity index (χ1) is 16.7. The lowest BCUT2D eigenvalue weighted by Gasteiger charge is -2.30. The normalized spacial score (nSPS) is 33.3. The van der Waals surface area contributed by atoms with E-state index in [0.29, 0.717) is 29.0 Å². The molecule has 4 N–H and O–H groups in total. The van der Waals surface area contributed by atoms with E-state index in [9.17, 15) is 14.8 Å². The fraction of sp³-hybridized carbons (Fsp3) is 0.500. The van der Waals surface area contributed by atoms with Crippen molar-refractivity contribution in [3.8, 4) is 5.88 Å². The number of phosphoric ester groups is 1. The van der Waals surface area contributed by atoms with Crippen molar-refractivity contribution < 1.29 is 37.8 Å². The number of hydrogen-bond donors (Lipinski definition) is 3. The summed E-state index contributed by atoms with van der Waals surface area (Å²) in [5.74, 6) is 0.604. The average molecular weight is 508 g/mol. The molecule has 14 nitrogen and oxygen atoms in total. The molecule has 6 atom stereocenters. The monoisotopic (exact) mass is 508 g/mol. The van der Waals surface area contributed by atoms with Crippen LogP contribution < -0.4 is 10.5 Å². The van der Waals surface area contributed by atoms with E-state index in [2.05, 4.69) is 19.9 Å².